The summed E-state index contributed by atoms with van der Waals surface area (Å²) in [7, 11) is 0. The van der Waals surface area contributed by atoms with Crippen molar-refractivity contribution < 1.29 is 13.6 Å². The van der Waals surface area contributed by atoms with Gasteiger partial charge in [0, 0.05) is 11.2 Å². The van der Waals surface area contributed by atoms with E-state index >= 15 is 0 Å². The molecular weight excluding hydrogens is 292 g/mol. The highest BCUT2D eigenvalue weighted by Crippen LogP contribution is 2.39. The lowest BCUT2D eigenvalue weighted by Crippen LogP contribution is -2.36. The summed E-state index contributed by atoms with van der Waals surface area (Å²) in [6.45, 7) is 3.78. The molecule has 0 saturated heterocycles. The average molecular weight is 313 g/mol. The molecule has 2 aliphatic carbocycles. The molecule has 2 fully saturated rings. The largest absolute Gasteiger partial charge is 0.287 e. The quantitative estimate of drug-likeness (QED) is 0.733. The van der Waals surface area contributed by atoms with Crippen molar-refractivity contribution in [1.29, 1.82) is 5.26 Å². The normalized spacial score (nSPS) is 40.2. The molecule has 2 rings (SSSR count). The fraction of sp³-hybridized carbons (Fsp3) is 0.750. The van der Waals surface area contributed by atoms with Crippen molar-refractivity contribution in [2.75, 3.05) is 0 Å². The molecule has 0 heterocycles. The molecule has 0 N–H and O–H groups in total. The van der Waals surface area contributed by atoms with Crippen molar-refractivity contribution in [3.63, 3.8) is 0 Å². The van der Waals surface area contributed by atoms with E-state index in [1.165, 1.54) is 0 Å². The molecule has 0 bridgehead atoms. The second-order valence-corrected chi connectivity index (χ2v) is 7.37. The minimum absolute atomic E-state index is 0.0102. The van der Waals surface area contributed by atoms with Gasteiger partial charge in [-0.3, -0.25) is 4.79 Å². The van der Waals surface area contributed by atoms with Crippen LogP contribution < -0.4 is 0 Å². The van der Waals surface area contributed by atoms with Crippen LogP contribution in [0.4, 0.5) is 8.78 Å². The first kappa shape index (κ1) is 16.5. The fourth-order valence-corrected chi connectivity index (χ4v) is 4.54. The van der Waals surface area contributed by atoms with E-state index in [4.69, 9.17) is 5.26 Å². The Balaban J connectivity index is 1.84. The number of halogens is 2. The Morgan fingerprint density at radius 1 is 1.19 bits per heavy atom. The lowest BCUT2D eigenvalue weighted by atomic mass is 9.83. The Hall–Kier alpha value is -0.890. The van der Waals surface area contributed by atoms with E-state index in [1.54, 1.807) is 6.07 Å². The van der Waals surface area contributed by atoms with Crippen LogP contribution in [0.15, 0.2) is 12.7 Å². The summed E-state index contributed by atoms with van der Waals surface area (Å²) in [5.74, 6) is -0.661. The maximum Gasteiger partial charge on any atom is 0.192 e. The summed E-state index contributed by atoms with van der Waals surface area (Å²) in [4.78, 5) is 12.3. The van der Waals surface area contributed by atoms with Gasteiger partial charge in [0.05, 0.1) is 6.07 Å². The zero-order valence-electron chi connectivity index (χ0n) is 12.0. The SMILES string of the molecule is C=CC1CCC(C(=O)SC2CC(F)C(C#N)C(F)C2)CC1. The van der Waals surface area contributed by atoms with Gasteiger partial charge >= 0.3 is 0 Å². The van der Waals surface area contributed by atoms with Crippen molar-refractivity contribution in [2.24, 2.45) is 17.8 Å². The number of thioether (sulfide) groups is 1. The van der Waals surface area contributed by atoms with Gasteiger partial charge in [0.25, 0.3) is 0 Å². The summed E-state index contributed by atoms with van der Waals surface area (Å²) in [6, 6.07) is 1.70. The van der Waals surface area contributed by atoms with Gasteiger partial charge in [-0.15, -0.1) is 6.58 Å². The standard InChI is InChI=1S/C16H21F2NOS/c1-2-10-3-5-11(6-4-10)16(20)21-12-7-14(17)13(9-19)15(18)8-12/h2,10-15H,1,3-8H2. The second-order valence-electron chi connectivity index (χ2n) is 6.06. The lowest BCUT2D eigenvalue weighted by Gasteiger charge is -2.31. The number of nitrogens with zero attached hydrogens (tertiary/aromatic N) is 1. The van der Waals surface area contributed by atoms with Crippen LogP contribution in [0.25, 0.3) is 0 Å². The summed E-state index contributed by atoms with van der Waals surface area (Å²) in [6.07, 6.45) is 2.87. The number of rotatable bonds is 3. The molecular formula is C16H21F2NOS. The van der Waals surface area contributed by atoms with Crippen LogP contribution in [0.2, 0.25) is 0 Å². The van der Waals surface area contributed by atoms with Gasteiger partial charge in [-0.25, -0.2) is 8.78 Å². The van der Waals surface area contributed by atoms with Crippen molar-refractivity contribution in [2.45, 2.75) is 56.1 Å². The van der Waals surface area contributed by atoms with Gasteiger partial charge in [0.1, 0.15) is 18.3 Å². The third-order valence-electron chi connectivity index (χ3n) is 4.63. The molecule has 0 spiro atoms. The topological polar surface area (TPSA) is 40.9 Å². The average Bonchev–Trinajstić information content (AvgIpc) is 2.47. The molecule has 2 unspecified atom stereocenters. The Morgan fingerprint density at radius 2 is 1.76 bits per heavy atom. The van der Waals surface area contributed by atoms with Crippen molar-refractivity contribution in [3.05, 3.63) is 12.7 Å². The van der Waals surface area contributed by atoms with Crippen LogP contribution in [-0.2, 0) is 4.79 Å². The zero-order valence-corrected chi connectivity index (χ0v) is 12.8. The van der Waals surface area contributed by atoms with E-state index in [0.717, 1.165) is 37.4 Å². The molecule has 2 nitrogen and oxygen atoms in total. The molecule has 0 aromatic rings. The Kier molecular flexibility index (Phi) is 5.80. The minimum Gasteiger partial charge on any atom is -0.287 e. The highest BCUT2D eigenvalue weighted by Gasteiger charge is 2.40. The molecule has 2 saturated carbocycles. The van der Waals surface area contributed by atoms with E-state index in [-0.39, 0.29) is 29.1 Å². The molecule has 0 aromatic heterocycles. The van der Waals surface area contributed by atoms with Crippen LogP contribution in [0, 0.1) is 29.1 Å². The van der Waals surface area contributed by atoms with Crippen LogP contribution in [0.3, 0.4) is 0 Å². The third-order valence-corrected chi connectivity index (χ3v) is 5.91. The first-order chi connectivity index (χ1) is 10.0. The van der Waals surface area contributed by atoms with Crippen LogP contribution >= 0.6 is 11.8 Å². The van der Waals surface area contributed by atoms with E-state index in [9.17, 15) is 13.6 Å². The lowest BCUT2D eigenvalue weighted by molar-refractivity contribution is -0.115. The van der Waals surface area contributed by atoms with Gasteiger partial charge in [0.15, 0.2) is 5.12 Å². The number of carbonyl (C=O) groups is 1. The number of hydrogen-bond acceptors (Lipinski definition) is 3. The molecule has 0 radical (unpaired) electrons. The third kappa shape index (κ3) is 4.06. The van der Waals surface area contributed by atoms with Gasteiger partial charge < -0.3 is 0 Å². The van der Waals surface area contributed by atoms with Crippen molar-refractivity contribution >= 4 is 16.9 Å². The van der Waals surface area contributed by atoms with Crippen molar-refractivity contribution in [3.8, 4) is 6.07 Å². The first-order valence-electron chi connectivity index (χ1n) is 7.56. The number of nitriles is 1. The van der Waals surface area contributed by atoms with Crippen LogP contribution in [-0.4, -0.2) is 22.7 Å². The van der Waals surface area contributed by atoms with Crippen molar-refractivity contribution in [1.82, 2.24) is 0 Å². The monoisotopic (exact) mass is 313 g/mol. The van der Waals surface area contributed by atoms with Gasteiger partial charge in [0.2, 0.25) is 0 Å². The van der Waals surface area contributed by atoms with Gasteiger partial charge in [-0.2, -0.15) is 5.26 Å². The number of carbonyl (C=O) groups excluding carboxylic acids is 1. The maximum atomic E-state index is 13.7. The fourth-order valence-electron chi connectivity index (χ4n) is 3.23. The highest BCUT2D eigenvalue weighted by molar-refractivity contribution is 8.14. The van der Waals surface area contributed by atoms with E-state index in [2.05, 4.69) is 6.58 Å². The van der Waals surface area contributed by atoms with Crippen LogP contribution in [0.1, 0.15) is 38.5 Å². The molecule has 21 heavy (non-hydrogen) atoms. The molecule has 2 atom stereocenters. The van der Waals surface area contributed by atoms with Gasteiger partial charge in [-0.05, 0) is 44.4 Å². The minimum atomic E-state index is -1.46. The Labute approximate surface area is 129 Å². The predicted octanol–water partition coefficient (Wildman–Crippen LogP) is 4.22. The zero-order chi connectivity index (χ0) is 15.4. The highest BCUT2D eigenvalue weighted by atomic mass is 32.2. The maximum absolute atomic E-state index is 13.7. The summed E-state index contributed by atoms with van der Waals surface area (Å²) in [5, 5.41) is 8.48. The molecule has 0 aromatic carbocycles. The molecule has 0 aliphatic heterocycles. The predicted molar refractivity (Wildman–Crippen MR) is 80.2 cm³/mol. The second kappa shape index (κ2) is 7.40. The summed E-state index contributed by atoms with van der Waals surface area (Å²) in [5.41, 5.74) is 0. The number of alkyl halides is 2. The summed E-state index contributed by atoms with van der Waals surface area (Å²) >= 11 is 1.10. The molecule has 2 aliphatic rings. The molecule has 0 amide bonds. The van der Waals surface area contributed by atoms with Gasteiger partial charge in [-0.1, -0.05) is 17.8 Å². The van der Waals surface area contributed by atoms with Crippen LogP contribution in [0.5, 0.6) is 0 Å². The van der Waals surface area contributed by atoms with E-state index < -0.39 is 18.3 Å². The molecule has 5 heteroatoms. The smallest absolute Gasteiger partial charge is 0.192 e. The number of allylic oxidation sites excluding steroid dienone is 1. The van der Waals surface area contributed by atoms with E-state index in [1.807, 2.05) is 6.08 Å². The molecule has 116 valence electrons. The Morgan fingerprint density at radius 3 is 2.24 bits per heavy atom. The van der Waals surface area contributed by atoms with E-state index in [0.29, 0.717) is 5.92 Å². The Bertz CT molecular complexity index is 416. The summed E-state index contributed by atoms with van der Waals surface area (Å²) < 4.78 is 27.5. The first-order valence-corrected chi connectivity index (χ1v) is 8.44. The number of hydrogen-bond donors (Lipinski definition) is 0.